The molecule has 3 aromatic carbocycles. The summed E-state index contributed by atoms with van der Waals surface area (Å²) in [5.74, 6) is -1.23. The van der Waals surface area contributed by atoms with Crippen molar-refractivity contribution < 1.29 is 9.90 Å². The Labute approximate surface area is 146 Å². The van der Waals surface area contributed by atoms with Gasteiger partial charge < -0.3 is 9.90 Å². The molecule has 0 atom stereocenters. The van der Waals surface area contributed by atoms with Crippen molar-refractivity contribution in [2.24, 2.45) is 0 Å². The van der Waals surface area contributed by atoms with Crippen LogP contribution >= 0.6 is 0 Å². The number of hydrogen-bond acceptors (Lipinski definition) is 3. The molecule has 0 aliphatic rings. The molecule has 0 aliphatic carbocycles. The number of nitriles is 1. The van der Waals surface area contributed by atoms with Gasteiger partial charge in [0.2, 0.25) is 0 Å². The van der Waals surface area contributed by atoms with Gasteiger partial charge in [-0.1, -0.05) is 78.9 Å². The number of rotatable bonds is 4. The number of carbonyl (C=O) groups excluding carboxylic acids is 1. The van der Waals surface area contributed by atoms with Gasteiger partial charge in [0.1, 0.15) is 0 Å². The van der Waals surface area contributed by atoms with E-state index < -0.39 is 5.97 Å². The lowest BCUT2D eigenvalue weighted by Gasteiger charge is -2.05. The highest BCUT2D eigenvalue weighted by Gasteiger charge is 2.03. The van der Waals surface area contributed by atoms with Crippen LogP contribution in [0.25, 0.3) is 22.8 Å². The molecule has 0 amide bonds. The van der Waals surface area contributed by atoms with Gasteiger partial charge in [-0.2, -0.15) is 5.26 Å². The SMILES string of the molecule is N#C/C(=C/c1ccc(-c2ccccc2)cc1)c1ccc(C(=O)[O-])cc1. The summed E-state index contributed by atoms with van der Waals surface area (Å²) in [5.41, 5.74) is 4.37. The molecule has 0 saturated carbocycles. The molecular weight excluding hydrogens is 310 g/mol. The second-order valence-electron chi connectivity index (χ2n) is 5.52. The standard InChI is InChI=1S/C22H15NO2/c23-15-21(19-10-12-20(13-11-19)22(24)25)14-16-6-8-18(9-7-16)17-4-2-1-3-5-17/h1-14H,(H,24,25)/p-1/b21-14-. The molecule has 0 fully saturated rings. The van der Waals surface area contributed by atoms with Gasteiger partial charge in [-0.15, -0.1) is 0 Å². The van der Waals surface area contributed by atoms with Gasteiger partial charge >= 0.3 is 0 Å². The number of nitrogens with zero attached hydrogens (tertiary/aromatic N) is 1. The van der Waals surface area contributed by atoms with Crippen molar-refractivity contribution in [1.29, 1.82) is 5.26 Å². The molecule has 0 spiro atoms. The molecule has 25 heavy (non-hydrogen) atoms. The molecule has 0 aliphatic heterocycles. The molecule has 3 aromatic rings. The van der Waals surface area contributed by atoms with Gasteiger partial charge in [-0.3, -0.25) is 0 Å². The number of carboxylic acid groups (broad SMARTS) is 1. The van der Waals surface area contributed by atoms with E-state index in [1.807, 2.05) is 54.6 Å². The number of allylic oxidation sites excluding steroid dienone is 1. The smallest absolute Gasteiger partial charge is 0.0998 e. The highest BCUT2D eigenvalue weighted by Crippen LogP contribution is 2.22. The zero-order valence-corrected chi connectivity index (χ0v) is 13.3. The van der Waals surface area contributed by atoms with E-state index in [4.69, 9.17) is 0 Å². The molecule has 0 radical (unpaired) electrons. The lowest BCUT2D eigenvalue weighted by atomic mass is 10.0. The summed E-state index contributed by atoms with van der Waals surface area (Å²) in [6.07, 6.45) is 1.78. The maximum absolute atomic E-state index is 10.8. The van der Waals surface area contributed by atoms with Crippen molar-refractivity contribution in [3.05, 3.63) is 95.6 Å². The van der Waals surface area contributed by atoms with Gasteiger partial charge in [0.25, 0.3) is 0 Å². The average molecular weight is 324 g/mol. The van der Waals surface area contributed by atoms with Gasteiger partial charge in [0, 0.05) is 0 Å². The third-order valence-corrected chi connectivity index (χ3v) is 3.88. The van der Waals surface area contributed by atoms with Crippen molar-refractivity contribution in [1.82, 2.24) is 0 Å². The summed E-state index contributed by atoms with van der Waals surface area (Å²) in [6.45, 7) is 0. The van der Waals surface area contributed by atoms with Crippen LogP contribution in [0.2, 0.25) is 0 Å². The van der Waals surface area contributed by atoms with Gasteiger partial charge in [-0.05, 0) is 33.9 Å². The minimum absolute atomic E-state index is 0.0910. The number of carbonyl (C=O) groups is 1. The van der Waals surface area contributed by atoms with E-state index in [0.717, 1.165) is 16.7 Å². The number of benzene rings is 3. The van der Waals surface area contributed by atoms with Gasteiger partial charge in [-0.25, -0.2) is 0 Å². The van der Waals surface area contributed by atoms with E-state index in [2.05, 4.69) is 6.07 Å². The van der Waals surface area contributed by atoms with Crippen LogP contribution in [0, 0.1) is 11.3 Å². The summed E-state index contributed by atoms with van der Waals surface area (Å²) >= 11 is 0. The lowest BCUT2D eigenvalue weighted by molar-refractivity contribution is -0.255. The molecule has 3 nitrogen and oxygen atoms in total. The fraction of sp³-hybridized carbons (Fsp3) is 0. The summed E-state index contributed by atoms with van der Waals surface area (Å²) in [5, 5.41) is 20.2. The van der Waals surface area contributed by atoms with E-state index in [0.29, 0.717) is 11.1 Å². The molecule has 0 N–H and O–H groups in total. The molecule has 3 heteroatoms. The predicted molar refractivity (Wildman–Crippen MR) is 96.1 cm³/mol. The molecule has 120 valence electrons. The van der Waals surface area contributed by atoms with Crippen LogP contribution in [0.15, 0.2) is 78.9 Å². The maximum atomic E-state index is 10.8. The van der Waals surface area contributed by atoms with Crippen LogP contribution < -0.4 is 5.11 Å². The van der Waals surface area contributed by atoms with Crippen molar-refractivity contribution in [3.8, 4) is 17.2 Å². The molecule has 0 bridgehead atoms. The topological polar surface area (TPSA) is 63.9 Å². The van der Waals surface area contributed by atoms with Crippen molar-refractivity contribution >= 4 is 17.6 Å². The summed E-state index contributed by atoms with van der Waals surface area (Å²) in [4.78, 5) is 10.8. The van der Waals surface area contributed by atoms with E-state index in [1.165, 1.54) is 12.1 Å². The van der Waals surface area contributed by atoms with Crippen molar-refractivity contribution in [3.63, 3.8) is 0 Å². The highest BCUT2D eigenvalue weighted by molar-refractivity contribution is 5.91. The zero-order chi connectivity index (χ0) is 17.6. The van der Waals surface area contributed by atoms with Crippen LogP contribution in [0.4, 0.5) is 0 Å². The number of aromatic carboxylic acids is 1. The van der Waals surface area contributed by atoms with Gasteiger partial charge in [0.15, 0.2) is 0 Å². The molecule has 3 rings (SSSR count). The fourth-order valence-electron chi connectivity index (χ4n) is 2.54. The third-order valence-electron chi connectivity index (χ3n) is 3.88. The minimum atomic E-state index is -1.23. The van der Waals surface area contributed by atoms with E-state index in [9.17, 15) is 15.2 Å². The molecule has 0 saturated heterocycles. The Bertz CT molecular complexity index is 948. The van der Waals surface area contributed by atoms with E-state index in [1.54, 1.807) is 18.2 Å². The second-order valence-corrected chi connectivity index (χ2v) is 5.52. The lowest BCUT2D eigenvalue weighted by Crippen LogP contribution is -2.21. The largest absolute Gasteiger partial charge is 0.545 e. The Morgan fingerprint density at radius 1 is 0.800 bits per heavy atom. The molecular formula is C22H14NO2-. The van der Waals surface area contributed by atoms with Crippen molar-refractivity contribution in [2.45, 2.75) is 0 Å². The minimum Gasteiger partial charge on any atom is -0.545 e. The first kappa shape index (κ1) is 16.2. The molecule has 0 unspecified atom stereocenters. The normalized spacial score (nSPS) is 10.9. The average Bonchev–Trinajstić information content (AvgIpc) is 2.67. The Kier molecular flexibility index (Phi) is 4.73. The summed E-state index contributed by atoms with van der Waals surface area (Å²) in [7, 11) is 0. The van der Waals surface area contributed by atoms with Crippen LogP contribution in [0.5, 0.6) is 0 Å². The predicted octanol–water partition coefficient (Wildman–Crippen LogP) is 3.78. The first-order valence-electron chi connectivity index (χ1n) is 7.76. The second kappa shape index (κ2) is 7.29. The number of carboxylic acids is 1. The Morgan fingerprint density at radius 2 is 1.36 bits per heavy atom. The zero-order valence-electron chi connectivity index (χ0n) is 13.3. The van der Waals surface area contributed by atoms with Crippen molar-refractivity contribution in [2.75, 3.05) is 0 Å². The van der Waals surface area contributed by atoms with E-state index in [-0.39, 0.29) is 5.56 Å². The number of hydrogen-bond donors (Lipinski definition) is 0. The van der Waals surface area contributed by atoms with Crippen LogP contribution in [0.1, 0.15) is 21.5 Å². The Hall–Kier alpha value is -3.64. The third kappa shape index (κ3) is 3.82. The van der Waals surface area contributed by atoms with E-state index >= 15 is 0 Å². The van der Waals surface area contributed by atoms with Crippen LogP contribution in [-0.2, 0) is 0 Å². The molecule has 0 heterocycles. The molecule has 0 aromatic heterocycles. The highest BCUT2D eigenvalue weighted by atomic mass is 16.4. The first-order valence-corrected chi connectivity index (χ1v) is 7.76. The van der Waals surface area contributed by atoms with Crippen LogP contribution in [0.3, 0.4) is 0 Å². The summed E-state index contributed by atoms with van der Waals surface area (Å²) < 4.78 is 0. The Morgan fingerprint density at radius 3 is 1.92 bits per heavy atom. The summed E-state index contributed by atoms with van der Waals surface area (Å²) in [6, 6.07) is 26.2. The van der Waals surface area contributed by atoms with Crippen LogP contribution in [-0.4, -0.2) is 5.97 Å². The quantitative estimate of drug-likeness (QED) is 0.542. The fourth-order valence-corrected chi connectivity index (χ4v) is 2.54. The van der Waals surface area contributed by atoms with Gasteiger partial charge in [0.05, 0.1) is 17.6 Å². The monoisotopic (exact) mass is 324 g/mol. The first-order chi connectivity index (χ1) is 12.2. The maximum Gasteiger partial charge on any atom is 0.0998 e. The Balaban J connectivity index is 1.87.